The summed E-state index contributed by atoms with van der Waals surface area (Å²) < 4.78 is 6.11. The molecule has 16 heavy (non-hydrogen) atoms. The van der Waals surface area contributed by atoms with Gasteiger partial charge in [-0.2, -0.15) is 0 Å². The third-order valence-corrected chi connectivity index (χ3v) is 4.22. The van der Waals surface area contributed by atoms with Gasteiger partial charge in [0.2, 0.25) is 0 Å². The van der Waals surface area contributed by atoms with Crippen LogP contribution in [0.25, 0.3) is 0 Å². The molecule has 0 aromatic rings. The number of ether oxygens (including phenoxy) is 1. The third-order valence-electron chi connectivity index (χ3n) is 4.22. The second-order valence-electron chi connectivity index (χ2n) is 5.21. The monoisotopic (exact) mass is 221 g/mol. The van der Waals surface area contributed by atoms with Crippen LogP contribution in [0.2, 0.25) is 0 Å². The van der Waals surface area contributed by atoms with E-state index >= 15 is 0 Å². The summed E-state index contributed by atoms with van der Waals surface area (Å²) in [7, 11) is 0. The van der Waals surface area contributed by atoms with E-state index in [0.717, 1.165) is 37.2 Å². The lowest BCUT2D eigenvalue weighted by atomic mass is 9.77. The van der Waals surface area contributed by atoms with E-state index in [2.05, 4.69) is 5.16 Å². The number of allylic oxidation sites excluding steroid dienone is 2. The van der Waals surface area contributed by atoms with Gasteiger partial charge in [-0.1, -0.05) is 11.6 Å². The van der Waals surface area contributed by atoms with Crippen LogP contribution < -0.4 is 0 Å². The Balaban J connectivity index is 1.88. The molecule has 0 spiro atoms. The highest BCUT2D eigenvalue weighted by molar-refractivity contribution is 6.01. The summed E-state index contributed by atoms with van der Waals surface area (Å²) in [5.74, 6) is 1.80. The zero-order valence-corrected chi connectivity index (χ0v) is 9.61. The van der Waals surface area contributed by atoms with Crippen LogP contribution in [-0.2, 0) is 4.74 Å². The third kappa shape index (κ3) is 1.62. The minimum absolute atomic E-state index is 0.450. The van der Waals surface area contributed by atoms with E-state index < -0.39 is 0 Å². The fourth-order valence-corrected chi connectivity index (χ4v) is 3.36. The zero-order valence-electron chi connectivity index (χ0n) is 9.61. The maximum absolute atomic E-state index is 9.02. The second kappa shape index (κ2) is 4.11. The molecule has 2 atom stereocenters. The summed E-state index contributed by atoms with van der Waals surface area (Å²) >= 11 is 0. The highest BCUT2D eigenvalue weighted by atomic mass is 16.5. The first-order chi connectivity index (χ1) is 7.88. The Labute approximate surface area is 96.2 Å². The van der Waals surface area contributed by atoms with Gasteiger partial charge in [0.05, 0.1) is 5.71 Å². The Kier molecular flexibility index (Phi) is 2.62. The molecule has 1 N–H and O–H groups in total. The van der Waals surface area contributed by atoms with E-state index in [1.807, 2.05) is 0 Å². The summed E-state index contributed by atoms with van der Waals surface area (Å²) in [4.78, 5) is 0. The van der Waals surface area contributed by atoms with Crippen LogP contribution in [0.3, 0.4) is 0 Å². The lowest BCUT2D eigenvalue weighted by Gasteiger charge is -2.39. The van der Waals surface area contributed by atoms with Gasteiger partial charge >= 0.3 is 0 Å². The number of oxime groups is 1. The predicted octanol–water partition coefficient (Wildman–Crippen LogP) is 3.23. The molecule has 1 heterocycles. The largest absolute Gasteiger partial charge is 0.494 e. The second-order valence-corrected chi connectivity index (χ2v) is 5.21. The van der Waals surface area contributed by atoms with Gasteiger partial charge in [0.1, 0.15) is 11.9 Å². The first-order valence-electron chi connectivity index (χ1n) is 6.48. The summed E-state index contributed by atoms with van der Waals surface area (Å²) in [5, 5.41) is 12.5. The first-order valence-corrected chi connectivity index (χ1v) is 6.48. The molecule has 3 aliphatic rings. The molecule has 1 aliphatic heterocycles. The van der Waals surface area contributed by atoms with E-state index in [1.165, 1.54) is 31.3 Å². The van der Waals surface area contributed by atoms with Crippen molar-refractivity contribution < 1.29 is 9.94 Å². The number of nitrogens with zero attached hydrogens (tertiary/aromatic N) is 1. The predicted molar refractivity (Wildman–Crippen MR) is 61.5 cm³/mol. The van der Waals surface area contributed by atoms with Gasteiger partial charge in [-0.25, -0.2) is 0 Å². The molecule has 1 saturated carbocycles. The van der Waals surface area contributed by atoms with Crippen molar-refractivity contribution in [1.29, 1.82) is 0 Å². The van der Waals surface area contributed by atoms with E-state index in [9.17, 15) is 0 Å². The molecular formula is C13H19NO2. The number of rotatable bonds is 0. The van der Waals surface area contributed by atoms with Crippen LogP contribution in [0.5, 0.6) is 0 Å². The van der Waals surface area contributed by atoms with Crippen molar-refractivity contribution >= 4 is 5.71 Å². The molecule has 0 aromatic heterocycles. The molecule has 88 valence electrons. The molecule has 0 radical (unpaired) electrons. The lowest BCUT2D eigenvalue weighted by Crippen LogP contribution is -2.34. The van der Waals surface area contributed by atoms with Crippen molar-refractivity contribution in [2.24, 2.45) is 11.1 Å². The van der Waals surface area contributed by atoms with Gasteiger partial charge in [-0.15, -0.1) is 0 Å². The minimum atomic E-state index is 0.450. The normalized spacial score (nSPS) is 36.6. The van der Waals surface area contributed by atoms with Crippen molar-refractivity contribution in [2.45, 2.75) is 57.5 Å². The van der Waals surface area contributed by atoms with Crippen molar-refractivity contribution in [3.05, 3.63) is 11.3 Å². The van der Waals surface area contributed by atoms with Crippen LogP contribution in [0.15, 0.2) is 16.5 Å². The van der Waals surface area contributed by atoms with Crippen LogP contribution >= 0.6 is 0 Å². The molecule has 2 unspecified atom stereocenters. The van der Waals surface area contributed by atoms with Gasteiger partial charge in [0.15, 0.2) is 0 Å². The standard InChI is InChI=1S/C13H19NO2/c15-14-11-5-3-7-13-10(11)8-9-4-1-2-6-12(9)16-13/h9,12,15H,1-8H2/b14-11+. The maximum atomic E-state index is 9.02. The quantitative estimate of drug-likeness (QED) is 0.504. The smallest absolute Gasteiger partial charge is 0.102 e. The van der Waals surface area contributed by atoms with Gasteiger partial charge in [-0.3, -0.25) is 0 Å². The Morgan fingerprint density at radius 2 is 2.00 bits per heavy atom. The van der Waals surface area contributed by atoms with Crippen LogP contribution in [0, 0.1) is 5.92 Å². The first kappa shape index (κ1) is 10.2. The fourth-order valence-electron chi connectivity index (χ4n) is 3.36. The summed E-state index contributed by atoms with van der Waals surface area (Å²) in [6.45, 7) is 0. The zero-order chi connectivity index (χ0) is 11.0. The Hall–Kier alpha value is -0.990. The molecular weight excluding hydrogens is 202 g/mol. The Bertz CT molecular complexity index is 346. The topological polar surface area (TPSA) is 41.8 Å². The average molecular weight is 221 g/mol. The van der Waals surface area contributed by atoms with Crippen LogP contribution in [0.4, 0.5) is 0 Å². The molecule has 1 fully saturated rings. The van der Waals surface area contributed by atoms with Gasteiger partial charge in [0, 0.05) is 17.9 Å². The molecule has 3 rings (SSSR count). The summed E-state index contributed by atoms with van der Waals surface area (Å²) in [6.07, 6.45) is 9.69. The van der Waals surface area contributed by atoms with Crippen molar-refractivity contribution in [2.75, 3.05) is 0 Å². The highest BCUT2D eigenvalue weighted by Gasteiger charge is 2.36. The fraction of sp³-hybridized carbons (Fsp3) is 0.769. The maximum Gasteiger partial charge on any atom is 0.102 e. The van der Waals surface area contributed by atoms with Gasteiger partial charge in [0.25, 0.3) is 0 Å². The van der Waals surface area contributed by atoms with Crippen molar-refractivity contribution in [1.82, 2.24) is 0 Å². The van der Waals surface area contributed by atoms with E-state index in [0.29, 0.717) is 12.0 Å². The van der Waals surface area contributed by atoms with Gasteiger partial charge in [-0.05, 0) is 38.5 Å². The van der Waals surface area contributed by atoms with Crippen LogP contribution in [-0.4, -0.2) is 17.0 Å². The summed E-state index contributed by atoms with van der Waals surface area (Å²) in [6, 6.07) is 0. The van der Waals surface area contributed by atoms with E-state index in [4.69, 9.17) is 9.94 Å². The number of hydrogen-bond acceptors (Lipinski definition) is 3. The molecule has 3 nitrogen and oxygen atoms in total. The Morgan fingerprint density at radius 1 is 1.12 bits per heavy atom. The highest BCUT2D eigenvalue weighted by Crippen LogP contribution is 2.41. The van der Waals surface area contributed by atoms with Crippen molar-refractivity contribution in [3.63, 3.8) is 0 Å². The molecule has 3 heteroatoms. The number of fused-ring (bicyclic) bond motifs is 1. The molecule has 0 aromatic carbocycles. The number of hydrogen-bond donors (Lipinski definition) is 1. The molecule has 2 aliphatic carbocycles. The molecule has 0 bridgehead atoms. The van der Waals surface area contributed by atoms with Gasteiger partial charge < -0.3 is 9.94 Å². The van der Waals surface area contributed by atoms with Crippen molar-refractivity contribution in [3.8, 4) is 0 Å². The SMILES string of the molecule is O/N=C1\CCCC2=C1CC1CCCCC1O2. The van der Waals surface area contributed by atoms with E-state index in [1.54, 1.807) is 0 Å². The average Bonchev–Trinajstić information content (AvgIpc) is 2.35. The summed E-state index contributed by atoms with van der Waals surface area (Å²) in [5.41, 5.74) is 2.10. The van der Waals surface area contributed by atoms with E-state index in [-0.39, 0.29) is 0 Å². The molecule has 0 amide bonds. The minimum Gasteiger partial charge on any atom is -0.494 e. The van der Waals surface area contributed by atoms with Crippen LogP contribution in [0.1, 0.15) is 51.4 Å². The lowest BCUT2D eigenvalue weighted by molar-refractivity contribution is 0.0121. The Morgan fingerprint density at radius 3 is 2.88 bits per heavy atom. The molecule has 0 saturated heterocycles.